The first-order chi connectivity index (χ1) is 16.0. The fourth-order valence-corrected chi connectivity index (χ4v) is 4.43. The lowest BCUT2D eigenvalue weighted by atomic mass is 10.0. The molecule has 2 aromatic rings. The van der Waals surface area contributed by atoms with Crippen molar-refractivity contribution in [2.45, 2.75) is 84.6 Å². The van der Waals surface area contributed by atoms with Gasteiger partial charge in [0.1, 0.15) is 5.65 Å². The number of fused-ring (bicyclic) bond motifs is 1. The van der Waals surface area contributed by atoms with Crippen molar-refractivity contribution in [3.63, 3.8) is 0 Å². The van der Waals surface area contributed by atoms with Gasteiger partial charge >= 0.3 is 5.97 Å². The van der Waals surface area contributed by atoms with E-state index in [1.807, 2.05) is 26.8 Å². The van der Waals surface area contributed by atoms with Gasteiger partial charge in [0, 0.05) is 24.0 Å². The van der Waals surface area contributed by atoms with E-state index in [0.29, 0.717) is 42.7 Å². The SMILES string of the molecule is CC[C@@H](C)C(=O)Nc1c(C(=O)OC)n(C[C@@H]2CCCO2)c2ncc(N[C@H](C)CC(C)(C)O)cc12. The normalized spacial score (nSPS) is 18.0. The first-order valence-electron chi connectivity index (χ1n) is 12.1. The average molecular weight is 475 g/mol. The summed E-state index contributed by atoms with van der Waals surface area (Å²) in [5.41, 5.74) is 1.16. The van der Waals surface area contributed by atoms with Gasteiger partial charge in [0.25, 0.3) is 0 Å². The van der Waals surface area contributed by atoms with Gasteiger partial charge in [0.05, 0.1) is 42.9 Å². The number of nitrogens with one attached hydrogen (secondary N) is 2. The van der Waals surface area contributed by atoms with Gasteiger partial charge in [-0.3, -0.25) is 4.79 Å². The Morgan fingerprint density at radius 3 is 2.71 bits per heavy atom. The van der Waals surface area contributed by atoms with Crippen molar-refractivity contribution in [3.05, 3.63) is 18.0 Å². The summed E-state index contributed by atoms with van der Waals surface area (Å²) in [6, 6.07) is 1.86. The lowest BCUT2D eigenvalue weighted by Crippen LogP contribution is -2.29. The molecule has 3 atom stereocenters. The molecule has 1 fully saturated rings. The van der Waals surface area contributed by atoms with Crippen molar-refractivity contribution in [1.29, 1.82) is 0 Å². The summed E-state index contributed by atoms with van der Waals surface area (Å²) in [4.78, 5) is 30.5. The Balaban J connectivity index is 2.10. The zero-order valence-corrected chi connectivity index (χ0v) is 21.1. The Hall–Kier alpha value is -2.65. The Bertz CT molecular complexity index is 1020. The number of anilines is 2. The third kappa shape index (κ3) is 6.07. The van der Waals surface area contributed by atoms with E-state index >= 15 is 0 Å². The summed E-state index contributed by atoms with van der Waals surface area (Å²) in [5, 5.41) is 17.1. The predicted octanol–water partition coefficient (Wildman–Crippen LogP) is 3.95. The molecular formula is C25H38N4O5. The third-order valence-corrected chi connectivity index (χ3v) is 6.21. The minimum atomic E-state index is -0.817. The molecule has 0 aromatic carbocycles. The number of nitrogens with zero attached hydrogens (tertiary/aromatic N) is 2. The highest BCUT2D eigenvalue weighted by atomic mass is 16.5. The molecule has 0 spiro atoms. The van der Waals surface area contributed by atoms with Crippen molar-refractivity contribution in [2.24, 2.45) is 5.92 Å². The van der Waals surface area contributed by atoms with Crippen molar-refractivity contribution in [1.82, 2.24) is 9.55 Å². The molecule has 9 heteroatoms. The van der Waals surface area contributed by atoms with Crippen LogP contribution in [0.15, 0.2) is 12.3 Å². The van der Waals surface area contributed by atoms with Crippen LogP contribution in [0, 0.1) is 5.92 Å². The maximum atomic E-state index is 12.9. The molecule has 0 unspecified atom stereocenters. The standard InChI is InChI=1S/C25H38N4O5/c1-7-15(2)23(30)28-20-19-11-17(27-16(3)12-25(4,5)32)13-26-22(19)29(21(20)24(31)33-6)14-18-9-8-10-34-18/h11,13,15-16,18,27,32H,7-10,12,14H2,1-6H3,(H,28,30)/t15-,16-,18+/m1/s1. The Morgan fingerprint density at radius 1 is 1.38 bits per heavy atom. The maximum absolute atomic E-state index is 12.9. The molecule has 1 amide bonds. The van der Waals surface area contributed by atoms with E-state index in [4.69, 9.17) is 9.47 Å². The van der Waals surface area contributed by atoms with Gasteiger partial charge in [-0.05, 0) is 52.5 Å². The fraction of sp³-hybridized carbons (Fsp3) is 0.640. The van der Waals surface area contributed by atoms with Gasteiger partial charge in [-0.1, -0.05) is 13.8 Å². The number of pyridine rings is 1. The second-order valence-electron chi connectivity index (χ2n) is 9.92. The van der Waals surface area contributed by atoms with Gasteiger partial charge in [-0.2, -0.15) is 0 Å². The number of esters is 1. The van der Waals surface area contributed by atoms with Crippen LogP contribution in [0.1, 0.15) is 70.8 Å². The summed E-state index contributed by atoms with van der Waals surface area (Å²) in [6.45, 7) is 10.4. The molecule has 1 aliphatic rings. The largest absolute Gasteiger partial charge is 0.464 e. The maximum Gasteiger partial charge on any atom is 0.356 e. The number of rotatable bonds is 10. The zero-order chi connectivity index (χ0) is 25.0. The fourth-order valence-electron chi connectivity index (χ4n) is 4.43. The molecule has 9 nitrogen and oxygen atoms in total. The Kier molecular flexibility index (Phi) is 8.20. The number of aliphatic hydroxyl groups is 1. The third-order valence-electron chi connectivity index (χ3n) is 6.21. The molecule has 3 rings (SSSR count). The van der Waals surface area contributed by atoms with Crippen molar-refractivity contribution < 1.29 is 24.2 Å². The molecule has 0 aliphatic carbocycles. The van der Waals surface area contributed by atoms with Gasteiger partial charge in [-0.15, -0.1) is 0 Å². The van der Waals surface area contributed by atoms with Gasteiger partial charge in [0.15, 0.2) is 5.69 Å². The monoisotopic (exact) mass is 474 g/mol. The predicted molar refractivity (Wildman–Crippen MR) is 132 cm³/mol. The molecule has 34 heavy (non-hydrogen) atoms. The smallest absolute Gasteiger partial charge is 0.356 e. The van der Waals surface area contributed by atoms with E-state index in [1.54, 1.807) is 24.6 Å². The van der Waals surface area contributed by atoms with Gasteiger partial charge in [0.2, 0.25) is 5.91 Å². The van der Waals surface area contributed by atoms with Crippen LogP contribution in [0.3, 0.4) is 0 Å². The van der Waals surface area contributed by atoms with Crippen LogP contribution in [-0.2, 0) is 20.8 Å². The highest BCUT2D eigenvalue weighted by Crippen LogP contribution is 2.34. The summed E-state index contributed by atoms with van der Waals surface area (Å²) in [6.07, 6.45) is 4.74. The molecule has 0 radical (unpaired) electrons. The highest BCUT2D eigenvalue weighted by molar-refractivity contribution is 6.11. The topological polar surface area (TPSA) is 115 Å². The number of carbonyl (C=O) groups is 2. The van der Waals surface area contributed by atoms with Gasteiger partial charge < -0.3 is 29.8 Å². The van der Waals surface area contributed by atoms with Crippen LogP contribution < -0.4 is 10.6 Å². The number of ether oxygens (including phenoxy) is 2. The van der Waals surface area contributed by atoms with E-state index in [2.05, 4.69) is 15.6 Å². The number of aromatic nitrogens is 2. The molecule has 0 saturated carbocycles. The number of carbonyl (C=O) groups excluding carboxylic acids is 2. The minimum Gasteiger partial charge on any atom is -0.464 e. The van der Waals surface area contributed by atoms with Crippen LogP contribution in [0.4, 0.5) is 11.4 Å². The minimum absolute atomic E-state index is 0.0218. The molecular weight excluding hydrogens is 436 g/mol. The molecule has 1 aliphatic heterocycles. The van der Waals surface area contributed by atoms with Gasteiger partial charge in [-0.25, -0.2) is 9.78 Å². The zero-order valence-electron chi connectivity index (χ0n) is 21.1. The molecule has 2 aromatic heterocycles. The average Bonchev–Trinajstić information content (AvgIpc) is 3.38. The van der Waals surface area contributed by atoms with E-state index in [9.17, 15) is 14.7 Å². The Morgan fingerprint density at radius 2 is 2.12 bits per heavy atom. The number of hydrogen-bond donors (Lipinski definition) is 3. The van der Waals surface area contributed by atoms with Crippen LogP contribution in [0.5, 0.6) is 0 Å². The summed E-state index contributed by atoms with van der Waals surface area (Å²) >= 11 is 0. The van der Waals surface area contributed by atoms with Crippen molar-refractivity contribution in [2.75, 3.05) is 24.4 Å². The summed E-state index contributed by atoms with van der Waals surface area (Å²) in [7, 11) is 1.33. The van der Waals surface area contributed by atoms with Crippen LogP contribution in [-0.4, -0.2) is 58.0 Å². The second-order valence-corrected chi connectivity index (χ2v) is 9.92. The van der Waals surface area contributed by atoms with Crippen molar-refractivity contribution >= 4 is 34.3 Å². The number of hydrogen-bond acceptors (Lipinski definition) is 7. The van der Waals surface area contributed by atoms with E-state index < -0.39 is 11.6 Å². The lowest BCUT2D eigenvalue weighted by Gasteiger charge is -2.23. The van der Waals surface area contributed by atoms with Crippen LogP contribution in [0.25, 0.3) is 11.0 Å². The van der Waals surface area contributed by atoms with Crippen LogP contribution >= 0.6 is 0 Å². The second kappa shape index (κ2) is 10.7. The molecule has 3 N–H and O–H groups in total. The Labute approximate surface area is 201 Å². The highest BCUT2D eigenvalue weighted by Gasteiger charge is 2.29. The van der Waals surface area contributed by atoms with Crippen LogP contribution in [0.2, 0.25) is 0 Å². The quantitative estimate of drug-likeness (QED) is 0.447. The van der Waals surface area contributed by atoms with E-state index in [-0.39, 0.29) is 29.7 Å². The lowest BCUT2D eigenvalue weighted by molar-refractivity contribution is -0.119. The first kappa shape index (κ1) is 26.0. The molecule has 0 bridgehead atoms. The number of methoxy groups -OCH3 is 1. The molecule has 1 saturated heterocycles. The molecule has 3 heterocycles. The number of amides is 1. The van der Waals surface area contributed by atoms with E-state index in [0.717, 1.165) is 18.5 Å². The van der Waals surface area contributed by atoms with E-state index in [1.165, 1.54) is 7.11 Å². The first-order valence-corrected chi connectivity index (χ1v) is 12.1. The van der Waals surface area contributed by atoms with Crippen molar-refractivity contribution in [3.8, 4) is 0 Å². The summed E-state index contributed by atoms with van der Waals surface area (Å²) in [5.74, 6) is -0.930. The summed E-state index contributed by atoms with van der Waals surface area (Å²) < 4.78 is 12.7. The molecule has 188 valence electrons.